The van der Waals surface area contributed by atoms with Crippen molar-refractivity contribution >= 4 is 23.9 Å². The smallest absolute Gasteiger partial charge is 0.524 e. The summed E-state index contributed by atoms with van der Waals surface area (Å²) in [5.74, 6) is 0.883. The van der Waals surface area contributed by atoms with Crippen LogP contribution in [0.15, 0.2) is 182 Å². The van der Waals surface area contributed by atoms with E-state index in [0.29, 0.717) is 0 Å². The second-order valence-electron chi connectivity index (χ2n) is 13.0. The summed E-state index contributed by atoms with van der Waals surface area (Å²) >= 11 is 0. The summed E-state index contributed by atoms with van der Waals surface area (Å²) in [4.78, 5) is 12.6. The maximum atomic E-state index is 6.73. The first-order valence-corrected chi connectivity index (χ1v) is 17.3. The van der Waals surface area contributed by atoms with Gasteiger partial charge in [-0.3, -0.25) is 0 Å². The van der Waals surface area contributed by atoms with Gasteiger partial charge in [0, 0.05) is 22.4 Å². The molecule has 0 saturated heterocycles. The highest BCUT2D eigenvalue weighted by atomic mass is 16.5. The number of hydrogen-bond acceptors (Lipinski definition) is 4. The van der Waals surface area contributed by atoms with E-state index in [2.05, 4.69) is 156 Å². The molecule has 8 aromatic rings. The molecule has 2 aliphatic rings. The SMILES string of the molecule is c1ccc(-c2cc(-c3ccccc3)nc(-c3cccc(-c4cccc(-c5ccc6c(c5)OB5c7ccccc7-c7ccccc7N56)c4)n3)c2)cc1. The number of aromatic nitrogens is 2. The first-order chi connectivity index (χ1) is 25.3. The molecule has 0 unspecified atom stereocenters. The summed E-state index contributed by atoms with van der Waals surface area (Å²) in [6, 6.07) is 63.6. The van der Waals surface area contributed by atoms with Crippen molar-refractivity contribution < 1.29 is 4.65 Å². The molecule has 2 aliphatic heterocycles. The van der Waals surface area contributed by atoms with Crippen LogP contribution in [0.5, 0.6) is 5.75 Å². The van der Waals surface area contributed by atoms with Crippen molar-refractivity contribution in [1.82, 2.24) is 9.97 Å². The van der Waals surface area contributed by atoms with E-state index in [4.69, 9.17) is 14.6 Å². The zero-order valence-corrected chi connectivity index (χ0v) is 27.6. The lowest BCUT2D eigenvalue weighted by Crippen LogP contribution is -2.50. The van der Waals surface area contributed by atoms with E-state index in [1.54, 1.807) is 0 Å². The number of benzene rings is 6. The number of hydrogen-bond donors (Lipinski definition) is 0. The third-order valence-electron chi connectivity index (χ3n) is 9.88. The Morgan fingerprint density at radius 3 is 1.86 bits per heavy atom. The van der Waals surface area contributed by atoms with Crippen LogP contribution in [0.2, 0.25) is 0 Å². The number of para-hydroxylation sites is 1. The molecule has 0 fully saturated rings. The van der Waals surface area contributed by atoms with Gasteiger partial charge in [0.05, 0.1) is 28.5 Å². The van der Waals surface area contributed by atoms with Crippen molar-refractivity contribution in [2.45, 2.75) is 0 Å². The highest BCUT2D eigenvalue weighted by Crippen LogP contribution is 2.48. The van der Waals surface area contributed by atoms with Crippen LogP contribution in [-0.2, 0) is 0 Å². The Kier molecular flexibility index (Phi) is 6.88. The fourth-order valence-corrected chi connectivity index (χ4v) is 7.43. The lowest BCUT2D eigenvalue weighted by atomic mass is 9.65. The van der Waals surface area contributed by atoms with Gasteiger partial charge in [0.25, 0.3) is 0 Å². The summed E-state index contributed by atoms with van der Waals surface area (Å²) in [7, 11) is -0.198. The van der Waals surface area contributed by atoms with Crippen LogP contribution in [0, 0.1) is 0 Å². The Labute approximate surface area is 297 Å². The number of fused-ring (bicyclic) bond motifs is 8. The second-order valence-corrected chi connectivity index (χ2v) is 13.0. The molecule has 0 bridgehead atoms. The minimum atomic E-state index is -0.198. The van der Waals surface area contributed by atoms with Crippen LogP contribution in [0.3, 0.4) is 0 Å². The highest BCUT2D eigenvalue weighted by Gasteiger charge is 2.44. The summed E-state index contributed by atoms with van der Waals surface area (Å²) in [5.41, 5.74) is 15.9. The Hall–Kier alpha value is -6.72. The largest absolute Gasteiger partial charge is 0.536 e. The third kappa shape index (κ3) is 5.10. The van der Waals surface area contributed by atoms with Gasteiger partial charge in [-0.1, -0.05) is 133 Å². The van der Waals surface area contributed by atoms with Gasteiger partial charge < -0.3 is 9.47 Å². The highest BCUT2D eigenvalue weighted by molar-refractivity contribution is 6.77. The Morgan fingerprint density at radius 2 is 1.00 bits per heavy atom. The van der Waals surface area contributed by atoms with E-state index >= 15 is 0 Å². The van der Waals surface area contributed by atoms with Crippen LogP contribution in [0.25, 0.3) is 67.3 Å². The zero-order chi connectivity index (χ0) is 33.7. The van der Waals surface area contributed by atoms with E-state index in [0.717, 1.165) is 67.6 Å². The summed E-state index contributed by atoms with van der Waals surface area (Å²) in [6.45, 7) is 0. The summed E-state index contributed by atoms with van der Waals surface area (Å²) < 4.78 is 6.73. The molecular formula is C46H30BN3O. The molecule has 0 N–H and O–H groups in total. The molecule has 238 valence electrons. The van der Waals surface area contributed by atoms with Crippen LogP contribution >= 0.6 is 0 Å². The van der Waals surface area contributed by atoms with Gasteiger partial charge in [-0.25, -0.2) is 9.97 Å². The predicted octanol–water partition coefficient (Wildman–Crippen LogP) is 10.7. The lowest BCUT2D eigenvalue weighted by molar-refractivity contribution is 0.603. The Balaban J connectivity index is 1.01. The Bertz CT molecular complexity index is 2530. The molecule has 0 aliphatic carbocycles. The standard InChI is InChI=1S/C46H30BN3O/c1-3-13-31(14-4-1)36-28-42(32-15-5-2-6-16-32)49-43(29-36)41-23-12-22-40(48-41)35-18-11-17-33(27-35)34-25-26-45-46(30-34)51-47-39-21-9-7-19-37(39)38-20-8-10-24-44(38)50(45)47/h1-30H. The monoisotopic (exact) mass is 651 g/mol. The van der Waals surface area contributed by atoms with Crippen LogP contribution < -0.4 is 14.9 Å². The minimum absolute atomic E-state index is 0.198. The van der Waals surface area contributed by atoms with E-state index in [9.17, 15) is 0 Å². The van der Waals surface area contributed by atoms with Gasteiger partial charge in [-0.15, -0.1) is 0 Å². The summed E-state index contributed by atoms with van der Waals surface area (Å²) in [6.07, 6.45) is 0. The third-order valence-corrected chi connectivity index (χ3v) is 9.88. The van der Waals surface area contributed by atoms with Crippen molar-refractivity contribution in [1.29, 1.82) is 0 Å². The topological polar surface area (TPSA) is 38.2 Å². The molecule has 4 heterocycles. The van der Waals surface area contributed by atoms with Crippen molar-refractivity contribution in [3.8, 4) is 73.0 Å². The van der Waals surface area contributed by atoms with Gasteiger partial charge in [0.15, 0.2) is 0 Å². The van der Waals surface area contributed by atoms with Crippen LogP contribution in [0.1, 0.15) is 0 Å². The number of nitrogens with zero attached hydrogens (tertiary/aromatic N) is 3. The van der Waals surface area contributed by atoms with Gasteiger partial charge in [-0.05, 0) is 81.8 Å². The van der Waals surface area contributed by atoms with Gasteiger partial charge in [-0.2, -0.15) is 0 Å². The van der Waals surface area contributed by atoms with Crippen LogP contribution in [0.4, 0.5) is 11.4 Å². The van der Waals surface area contributed by atoms with E-state index in [-0.39, 0.29) is 7.05 Å². The van der Waals surface area contributed by atoms with E-state index in [1.807, 2.05) is 30.3 Å². The van der Waals surface area contributed by atoms with Crippen molar-refractivity contribution in [3.63, 3.8) is 0 Å². The van der Waals surface area contributed by atoms with Crippen molar-refractivity contribution in [2.75, 3.05) is 4.81 Å². The fourth-order valence-electron chi connectivity index (χ4n) is 7.43. The molecule has 4 nitrogen and oxygen atoms in total. The number of anilines is 2. The first-order valence-electron chi connectivity index (χ1n) is 17.3. The quantitative estimate of drug-likeness (QED) is 0.174. The Morgan fingerprint density at radius 1 is 0.373 bits per heavy atom. The minimum Gasteiger partial charge on any atom is -0.536 e. The maximum Gasteiger partial charge on any atom is 0.524 e. The molecule has 0 atom stereocenters. The van der Waals surface area contributed by atoms with Crippen molar-refractivity contribution in [2.24, 2.45) is 0 Å². The molecule has 0 radical (unpaired) electrons. The molecule has 2 aromatic heterocycles. The molecule has 51 heavy (non-hydrogen) atoms. The average molecular weight is 652 g/mol. The fraction of sp³-hybridized carbons (Fsp3) is 0. The molecule has 0 amide bonds. The average Bonchev–Trinajstić information content (AvgIpc) is 3.61. The number of pyridine rings is 2. The van der Waals surface area contributed by atoms with Crippen LogP contribution in [-0.4, -0.2) is 17.0 Å². The first kappa shape index (κ1) is 29.2. The normalized spacial score (nSPS) is 12.4. The molecule has 10 rings (SSSR count). The number of rotatable bonds is 5. The maximum absolute atomic E-state index is 6.73. The molecule has 6 aromatic carbocycles. The molecular weight excluding hydrogens is 621 g/mol. The van der Waals surface area contributed by atoms with Gasteiger partial charge >= 0.3 is 7.05 Å². The molecule has 0 spiro atoms. The molecule has 5 heteroatoms. The summed E-state index contributed by atoms with van der Waals surface area (Å²) in [5, 5.41) is 0. The molecule has 0 saturated carbocycles. The lowest BCUT2D eigenvalue weighted by Gasteiger charge is -2.31. The zero-order valence-electron chi connectivity index (χ0n) is 27.6. The van der Waals surface area contributed by atoms with E-state index in [1.165, 1.54) is 22.3 Å². The second kappa shape index (κ2) is 12.0. The van der Waals surface area contributed by atoms with Gasteiger partial charge in [0.2, 0.25) is 0 Å². The predicted molar refractivity (Wildman–Crippen MR) is 209 cm³/mol. The van der Waals surface area contributed by atoms with Crippen molar-refractivity contribution in [3.05, 3.63) is 182 Å². The van der Waals surface area contributed by atoms with E-state index < -0.39 is 0 Å². The van der Waals surface area contributed by atoms with Gasteiger partial charge in [0.1, 0.15) is 5.75 Å².